The quantitative estimate of drug-likeness (QED) is 0.839. The molecular weight excluding hydrogens is 258 g/mol. The second-order valence-corrected chi connectivity index (χ2v) is 6.20. The summed E-state index contributed by atoms with van der Waals surface area (Å²) in [6.07, 6.45) is 4.87. The van der Waals surface area contributed by atoms with E-state index in [0.29, 0.717) is 6.04 Å². The first-order valence-electron chi connectivity index (χ1n) is 6.88. The standard InChI is InChI=1S/C15H21NO2S/c1-11(2)18-13-7-9-14(10-8-13)19-15(17)16-12-5-3-4-6-12/h7-12H,3-6H2,1-2H3,(H,16,17). The molecular formula is C15H21NO2S. The van der Waals surface area contributed by atoms with Crippen LogP contribution in [0.25, 0.3) is 0 Å². The number of rotatable bonds is 4. The third-order valence-corrected chi connectivity index (χ3v) is 3.89. The number of benzene rings is 1. The van der Waals surface area contributed by atoms with Crippen LogP contribution in [0.1, 0.15) is 39.5 Å². The molecule has 0 heterocycles. The minimum atomic E-state index is 0.0458. The second-order valence-electron chi connectivity index (χ2n) is 5.15. The van der Waals surface area contributed by atoms with Crippen molar-refractivity contribution in [1.29, 1.82) is 0 Å². The zero-order chi connectivity index (χ0) is 13.7. The van der Waals surface area contributed by atoms with Crippen LogP contribution in [0.5, 0.6) is 5.75 Å². The summed E-state index contributed by atoms with van der Waals surface area (Å²) in [5.41, 5.74) is 0. The number of carbonyl (C=O) groups excluding carboxylic acids is 1. The summed E-state index contributed by atoms with van der Waals surface area (Å²) in [5.74, 6) is 0.843. The van der Waals surface area contributed by atoms with Crippen molar-refractivity contribution in [2.45, 2.75) is 56.6 Å². The molecule has 1 amide bonds. The highest BCUT2D eigenvalue weighted by Crippen LogP contribution is 2.24. The van der Waals surface area contributed by atoms with Crippen molar-refractivity contribution in [3.8, 4) is 5.75 Å². The first kappa shape index (κ1) is 14.3. The first-order valence-corrected chi connectivity index (χ1v) is 7.70. The van der Waals surface area contributed by atoms with Crippen LogP contribution in [-0.2, 0) is 0 Å². The molecule has 1 aromatic carbocycles. The Bertz CT molecular complexity index is 411. The van der Waals surface area contributed by atoms with Gasteiger partial charge in [0.05, 0.1) is 6.10 Å². The zero-order valence-electron chi connectivity index (χ0n) is 11.5. The molecule has 0 atom stereocenters. The van der Waals surface area contributed by atoms with Crippen molar-refractivity contribution in [1.82, 2.24) is 5.32 Å². The Labute approximate surface area is 119 Å². The molecule has 0 bridgehead atoms. The maximum atomic E-state index is 11.9. The number of hydrogen-bond donors (Lipinski definition) is 1. The fraction of sp³-hybridized carbons (Fsp3) is 0.533. The lowest BCUT2D eigenvalue weighted by molar-refractivity contribution is 0.242. The Hall–Kier alpha value is -1.16. The van der Waals surface area contributed by atoms with E-state index in [1.165, 1.54) is 24.6 Å². The van der Waals surface area contributed by atoms with Gasteiger partial charge in [0, 0.05) is 10.9 Å². The van der Waals surface area contributed by atoms with Gasteiger partial charge in [-0.1, -0.05) is 12.8 Å². The minimum absolute atomic E-state index is 0.0458. The Morgan fingerprint density at radius 2 is 1.89 bits per heavy atom. The lowest BCUT2D eigenvalue weighted by atomic mass is 10.3. The van der Waals surface area contributed by atoms with E-state index in [0.717, 1.165) is 23.5 Å². The van der Waals surface area contributed by atoms with Gasteiger partial charge in [-0.25, -0.2) is 0 Å². The summed E-state index contributed by atoms with van der Waals surface area (Å²) >= 11 is 1.25. The van der Waals surface area contributed by atoms with Gasteiger partial charge >= 0.3 is 0 Å². The molecule has 0 spiro atoms. The van der Waals surface area contributed by atoms with Gasteiger partial charge in [-0.3, -0.25) is 4.79 Å². The van der Waals surface area contributed by atoms with Crippen molar-refractivity contribution < 1.29 is 9.53 Å². The zero-order valence-corrected chi connectivity index (χ0v) is 12.3. The summed E-state index contributed by atoms with van der Waals surface area (Å²) in [6.45, 7) is 4.00. The van der Waals surface area contributed by atoms with Crippen LogP contribution < -0.4 is 10.1 Å². The molecule has 1 N–H and O–H groups in total. The molecule has 4 heteroatoms. The monoisotopic (exact) mass is 279 g/mol. The molecule has 0 radical (unpaired) electrons. The van der Waals surface area contributed by atoms with E-state index in [4.69, 9.17) is 4.74 Å². The molecule has 0 saturated heterocycles. The van der Waals surface area contributed by atoms with Gasteiger partial charge in [-0.2, -0.15) is 0 Å². The fourth-order valence-electron chi connectivity index (χ4n) is 2.23. The van der Waals surface area contributed by atoms with Crippen LogP contribution in [0, 0.1) is 0 Å². The average molecular weight is 279 g/mol. The Kier molecular flexibility index (Phi) is 5.14. The van der Waals surface area contributed by atoms with Crippen molar-refractivity contribution in [3.05, 3.63) is 24.3 Å². The number of amides is 1. The molecule has 2 rings (SSSR count). The van der Waals surface area contributed by atoms with Gasteiger partial charge < -0.3 is 10.1 Å². The van der Waals surface area contributed by atoms with E-state index < -0.39 is 0 Å². The van der Waals surface area contributed by atoms with Crippen LogP contribution in [0.3, 0.4) is 0 Å². The molecule has 0 unspecified atom stereocenters. The fourth-order valence-corrected chi connectivity index (χ4v) is 2.94. The summed E-state index contributed by atoms with van der Waals surface area (Å²) in [5, 5.41) is 3.11. The third kappa shape index (κ3) is 4.78. The van der Waals surface area contributed by atoms with Crippen LogP contribution in [0.15, 0.2) is 29.2 Å². The second kappa shape index (κ2) is 6.85. The predicted octanol–water partition coefficient (Wildman–Crippen LogP) is 4.22. The number of thioether (sulfide) groups is 1. The third-order valence-electron chi connectivity index (χ3n) is 3.08. The molecule has 1 aliphatic carbocycles. The Balaban J connectivity index is 1.82. The molecule has 1 aliphatic rings. The van der Waals surface area contributed by atoms with E-state index >= 15 is 0 Å². The number of nitrogens with one attached hydrogen (secondary N) is 1. The molecule has 3 nitrogen and oxygen atoms in total. The van der Waals surface area contributed by atoms with Crippen LogP contribution in [0.4, 0.5) is 4.79 Å². The SMILES string of the molecule is CC(C)Oc1ccc(SC(=O)NC2CCCC2)cc1. The van der Waals surface area contributed by atoms with Crippen LogP contribution in [-0.4, -0.2) is 17.4 Å². The first-order chi connectivity index (χ1) is 9.13. The van der Waals surface area contributed by atoms with Gasteiger partial charge in [-0.15, -0.1) is 0 Å². The number of carbonyl (C=O) groups is 1. The van der Waals surface area contributed by atoms with Crippen molar-refractivity contribution in [2.24, 2.45) is 0 Å². The average Bonchev–Trinajstić information content (AvgIpc) is 2.83. The highest BCUT2D eigenvalue weighted by molar-refractivity contribution is 8.13. The molecule has 1 fully saturated rings. The highest BCUT2D eigenvalue weighted by Gasteiger charge is 2.17. The topological polar surface area (TPSA) is 38.3 Å². The molecule has 104 valence electrons. The van der Waals surface area contributed by atoms with E-state index in [-0.39, 0.29) is 11.3 Å². The van der Waals surface area contributed by atoms with Gasteiger partial charge in [0.2, 0.25) is 0 Å². The normalized spacial score (nSPS) is 15.7. The minimum Gasteiger partial charge on any atom is -0.491 e. The van der Waals surface area contributed by atoms with Crippen LogP contribution in [0.2, 0.25) is 0 Å². The lowest BCUT2D eigenvalue weighted by Gasteiger charge is -2.12. The van der Waals surface area contributed by atoms with Crippen LogP contribution >= 0.6 is 11.8 Å². The summed E-state index contributed by atoms with van der Waals surface area (Å²) < 4.78 is 5.57. The van der Waals surface area contributed by atoms with Crippen molar-refractivity contribution in [2.75, 3.05) is 0 Å². The number of hydrogen-bond acceptors (Lipinski definition) is 3. The van der Waals surface area contributed by atoms with E-state index in [1.807, 2.05) is 38.1 Å². The molecule has 1 aromatic rings. The van der Waals surface area contributed by atoms with E-state index in [9.17, 15) is 4.79 Å². The molecule has 19 heavy (non-hydrogen) atoms. The summed E-state index contributed by atoms with van der Waals surface area (Å²) in [6, 6.07) is 8.05. The maximum absolute atomic E-state index is 11.9. The van der Waals surface area contributed by atoms with E-state index in [2.05, 4.69) is 5.32 Å². The Morgan fingerprint density at radius 3 is 2.47 bits per heavy atom. The van der Waals surface area contributed by atoms with Gasteiger partial charge in [0.1, 0.15) is 5.75 Å². The van der Waals surface area contributed by atoms with Gasteiger partial charge in [-0.05, 0) is 62.7 Å². The highest BCUT2D eigenvalue weighted by atomic mass is 32.2. The van der Waals surface area contributed by atoms with Gasteiger partial charge in [0.25, 0.3) is 5.24 Å². The van der Waals surface area contributed by atoms with E-state index in [1.54, 1.807) is 0 Å². The van der Waals surface area contributed by atoms with Crippen molar-refractivity contribution in [3.63, 3.8) is 0 Å². The Morgan fingerprint density at radius 1 is 1.26 bits per heavy atom. The molecule has 1 saturated carbocycles. The lowest BCUT2D eigenvalue weighted by Crippen LogP contribution is -2.29. The smallest absolute Gasteiger partial charge is 0.284 e. The van der Waals surface area contributed by atoms with Gasteiger partial charge in [0.15, 0.2) is 0 Å². The summed E-state index contributed by atoms with van der Waals surface area (Å²) in [4.78, 5) is 12.8. The van der Waals surface area contributed by atoms with Crippen molar-refractivity contribution >= 4 is 17.0 Å². The number of ether oxygens (including phenoxy) is 1. The molecule has 0 aromatic heterocycles. The molecule has 0 aliphatic heterocycles. The largest absolute Gasteiger partial charge is 0.491 e. The maximum Gasteiger partial charge on any atom is 0.284 e. The summed E-state index contributed by atoms with van der Waals surface area (Å²) in [7, 11) is 0. The predicted molar refractivity (Wildman–Crippen MR) is 78.9 cm³/mol.